The van der Waals surface area contributed by atoms with Gasteiger partial charge in [0.2, 0.25) is 0 Å². The van der Waals surface area contributed by atoms with Gasteiger partial charge in [0.1, 0.15) is 11.5 Å². The molecule has 26 heavy (non-hydrogen) atoms. The SMILES string of the molecule is CCCOc1ccc(/C(O)=C2/C(=O)C(=O)NC2c2ccc(Cl)cc2)cc1. The molecule has 1 unspecified atom stereocenters. The Kier molecular flexibility index (Phi) is 5.28. The van der Waals surface area contributed by atoms with Crippen LogP contribution in [0.5, 0.6) is 5.75 Å². The van der Waals surface area contributed by atoms with E-state index in [2.05, 4.69) is 5.32 Å². The fraction of sp³-hybridized carbons (Fsp3) is 0.200. The van der Waals surface area contributed by atoms with Crippen molar-refractivity contribution in [3.63, 3.8) is 0 Å². The molecular weight excluding hydrogens is 354 g/mol. The molecule has 0 spiro atoms. The van der Waals surface area contributed by atoms with Gasteiger partial charge >= 0.3 is 0 Å². The average Bonchev–Trinajstić information content (AvgIpc) is 2.95. The normalized spacial score (nSPS) is 18.6. The third kappa shape index (κ3) is 3.58. The number of hydrogen-bond acceptors (Lipinski definition) is 4. The van der Waals surface area contributed by atoms with Crippen LogP contribution in [-0.2, 0) is 9.59 Å². The lowest BCUT2D eigenvalue weighted by molar-refractivity contribution is -0.133. The van der Waals surface area contributed by atoms with E-state index in [4.69, 9.17) is 16.3 Å². The predicted octanol–water partition coefficient (Wildman–Crippen LogP) is 3.84. The molecule has 1 heterocycles. The minimum atomic E-state index is -0.742. The highest BCUT2D eigenvalue weighted by Gasteiger charge is 2.39. The van der Waals surface area contributed by atoms with Crippen molar-refractivity contribution in [2.24, 2.45) is 0 Å². The maximum Gasteiger partial charge on any atom is 0.293 e. The van der Waals surface area contributed by atoms with Gasteiger partial charge in [0.25, 0.3) is 11.7 Å². The minimum Gasteiger partial charge on any atom is -0.507 e. The minimum absolute atomic E-state index is 0.0274. The summed E-state index contributed by atoms with van der Waals surface area (Å²) in [5, 5.41) is 13.8. The lowest BCUT2D eigenvalue weighted by Gasteiger charge is -2.14. The quantitative estimate of drug-likeness (QED) is 0.475. The van der Waals surface area contributed by atoms with Gasteiger partial charge in [0.15, 0.2) is 0 Å². The molecular formula is C20H18ClNO4. The van der Waals surface area contributed by atoms with Gasteiger partial charge in [0.05, 0.1) is 18.2 Å². The third-order valence-corrected chi connectivity index (χ3v) is 4.33. The molecule has 1 atom stereocenters. The number of rotatable bonds is 5. The number of nitrogens with one attached hydrogen (secondary N) is 1. The van der Waals surface area contributed by atoms with Crippen LogP contribution in [0, 0.1) is 0 Å². The average molecular weight is 372 g/mol. The number of aliphatic hydroxyl groups excluding tert-OH is 1. The second-order valence-electron chi connectivity index (χ2n) is 5.92. The Bertz CT molecular complexity index is 856. The van der Waals surface area contributed by atoms with Gasteiger partial charge in [-0.3, -0.25) is 9.59 Å². The second kappa shape index (κ2) is 7.62. The summed E-state index contributed by atoms with van der Waals surface area (Å²) in [6.07, 6.45) is 0.891. The molecule has 0 saturated carbocycles. The van der Waals surface area contributed by atoms with Gasteiger partial charge in [-0.1, -0.05) is 30.7 Å². The summed E-state index contributed by atoms with van der Waals surface area (Å²) in [6, 6.07) is 12.8. The summed E-state index contributed by atoms with van der Waals surface area (Å²) in [5.41, 5.74) is 1.13. The standard InChI is InChI=1S/C20H18ClNO4/c1-2-11-26-15-9-5-13(6-10-15)18(23)16-17(22-20(25)19(16)24)12-3-7-14(21)8-4-12/h3-10,17,23H,2,11H2,1H3,(H,22,25)/b18-16-. The van der Waals surface area contributed by atoms with Crippen LogP contribution in [0.3, 0.4) is 0 Å². The zero-order valence-electron chi connectivity index (χ0n) is 14.2. The first-order valence-electron chi connectivity index (χ1n) is 8.28. The lowest BCUT2D eigenvalue weighted by atomic mass is 9.96. The van der Waals surface area contributed by atoms with Gasteiger partial charge in [-0.25, -0.2) is 0 Å². The Balaban J connectivity index is 1.97. The van der Waals surface area contributed by atoms with Gasteiger partial charge in [-0.2, -0.15) is 0 Å². The van der Waals surface area contributed by atoms with E-state index in [1.807, 2.05) is 6.92 Å². The number of Topliss-reactive ketones (excluding diaryl/α,β-unsaturated/α-hetero) is 1. The van der Waals surface area contributed by atoms with Crippen molar-refractivity contribution in [3.8, 4) is 5.75 Å². The largest absolute Gasteiger partial charge is 0.507 e. The Labute approximate surface area is 156 Å². The Hall–Kier alpha value is -2.79. The van der Waals surface area contributed by atoms with Crippen molar-refractivity contribution in [2.45, 2.75) is 19.4 Å². The first-order chi connectivity index (χ1) is 12.5. The number of aliphatic hydroxyl groups is 1. The number of carbonyl (C=O) groups is 2. The molecule has 1 aliphatic rings. The molecule has 6 heteroatoms. The Morgan fingerprint density at radius 2 is 1.77 bits per heavy atom. The fourth-order valence-electron chi connectivity index (χ4n) is 2.76. The van der Waals surface area contributed by atoms with Crippen molar-refractivity contribution < 1.29 is 19.4 Å². The van der Waals surface area contributed by atoms with Crippen LogP contribution in [0.25, 0.3) is 5.76 Å². The first-order valence-corrected chi connectivity index (χ1v) is 8.66. The summed E-state index contributed by atoms with van der Waals surface area (Å²) in [6.45, 7) is 2.61. The van der Waals surface area contributed by atoms with E-state index in [1.165, 1.54) is 0 Å². The molecule has 0 radical (unpaired) electrons. The topological polar surface area (TPSA) is 75.6 Å². The number of ketones is 1. The number of benzene rings is 2. The van der Waals surface area contributed by atoms with E-state index in [0.29, 0.717) is 28.5 Å². The molecule has 1 amide bonds. The van der Waals surface area contributed by atoms with Gasteiger partial charge in [-0.15, -0.1) is 0 Å². The van der Waals surface area contributed by atoms with Gasteiger partial charge in [0, 0.05) is 10.6 Å². The molecule has 0 aliphatic carbocycles. The number of carbonyl (C=O) groups excluding carboxylic acids is 2. The molecule has 0 bridgehead atoms. The van der Waals surface area contributed by atoms with Crippen molar-refractivity contribution in [2.75, 3.05) is 6.61 Å². The van der Waals surface area contributed by atoms with E-state index < -0.39 is 17.7 Å². The van der Waals surface area contributed by atoms with Crippen LogP contribution < -0.4 is 10.1 Å². The molecule has 2 aromatic rings. The van der Waals surface area contributed by atoms with Crippen LogP contribution in [0.15, 0.2) is 54.1 Å². The van der Waals surface area contributed by atoms with Gasteiger partial charge in [-0.05, 0) is 48.4 Å². The first kappa shape index (κ1) is 18.0. The van der Waals surface area contributed by atoms with Crippen molar-refractivity contribution in [1.82, 2.24) is 5.32 Å². The second-order valence-corrected chi connectivity index (χ2v) is 6.36. The molecule has 1 saturated heterocycles. The van der Waals surface area contributed by atoms with E-state index in [1.54, 1.807) is 48.5 Å². The number of halogens is 1. The monoisotopic (exact) mass is 371 g/mol. The Morgan fingerprint density at radius 3 is 2.38 bits per heavy atom. The summed E-state index contributed by atoms with van der Waals surface area (Å²) >= 11 is 5.89. The number of hydrogen-bond donors (Lipinski definition) is 2. The van der Waals surface area contributed by atoms with Crippen molar-refractivity contribution >= 4 is 29.1 Å². The van der Waals surface area contributed by atoms with Crippen molar-refractivity contribution in [3.05, 3.63) is 70.3 Å². The highest BCUT2D eigenvalue weighted by atomic mass is 35.5. The zero-order valence-corrected chi connectivity index (χ0v) is 14.9. The van der Waals surface area contributed by atoms with E-state index >= 15 is 0 Å². The molecule has 2 N–H and O–H groups in total. The lowest BCUT2D eigenvalue weighted by Crippen LogP contribution is -2.21. The maximum atomic E-state index is 12.3. The van der Waals surface area contributed by atoms with Crippen LogP contribution in [0.4, 0.5) is 0 Å². The fourth-order valence-corrected chi connectivity index (χ4v) is 2.88. The maximum absolute atomic E-state index is 12.3. The molecule has 5 nitrogen and oxygen atoms in total. The predicted molar refractivity (Wildman–Crippen MR) is 99.1 cm³/mol. The summed E-state index contributed by atoms with van der Waals surface area (Å²) < 4.78 is 5.51. The van der Waals surface area contributed by atoms with E-state index in [-0.39, 0.29) is 11.3 Å². The van der Waals surface area contributed by atoms with E-state index in [0.717, 1.165) is 6.42 Å². The molecule has 134 valence electrons. The highest BCUT2D eigenvalue weighted by Crippen LogP contribution is 2.33. The van der Waals surface area contributed by atoms with Crippen molar-refractivity contribution in [1.29, 1.82) is 0 Å². The van der Waals surface area contributed by atoms with Crippen LogP contribution in [-0.4, -0.2) is 23.4 Å². The summed E-state index contributed by atoms with van der Waals surface area (Å²) in [7, 11) is 0. The Morgan fingerprint density at radius 1 is 1.12 bits per heavy atom. The summed E-state index contributed by atoms with van der Waals surface area (Å²) in [5.74, 6) is -1.03. The zero-order chi connectivity index (χ0) is 18.7. The van der Waals surface area contributed by atoms with Crippen LogP contribution in [0.1, 0.15) is 30.5 Å². The molecule has 1 aliphatic heterocycles. The van der Waals surface area contributed by atoms with Crippen LogP contribution >= 0.6 is 11.6 Å². The van der Waals surface area contributed by atoms with Gasteiger partial charge < -0.3 is 15.2 Å². The number of ether oxygens (including phenoxy) is 1. The molecule has 1 fully saturated rings. The third-order valence-electron chi connectivity index (χ3n) is 4.07. The highest BCUT2D eigenvalue weighted by molar-refractivity contribution is 6.46. The van der Waals surface area contributed by atoms with E-state index in [9.17, 15) is 14.7 Å². The number of amides is 1. The van der Waals surface area contributed by atoms with Crippen LogP contribution in [0.2, 0.25) is 5.02 Å². The molecule has 3 rings (SSSR count). The summed E-state index contributed by atoms with van der Waals surface area (Å²) in [4.78, 5) is 24.2. The smallest absolute Gasteiger partial charge is 0.293 e. The molecule has 0 aromatic heterocycles. The molecule has 2 aromatic carbocycles.